The molecule has 0 unspecified atom stereocenters. The summed E-state index contributed by atoms with van der Waals surface area (Å²) in [6, 6.07) is 3.77. The Morgan fingerprint density at radius 3 is 2.58 bits per heavy atom. The van der Waals surface area contributed by atoms with Crippen molar-refractivity contribution < 1.29 is 0 Å². The van der Waals surface area contributed by atoms with Crippen LogP contribution in [0, 0.1) is 0 Å². The molecule has 0 radical (unpaired) electrons. The van der Waals surface area contributed by atoms with Crippen LogP contribution in [-0.2, 0) is 7.05 Å². The molecule has 0 fully saturated rings. The highest BCUT2D eigenvalue weighted by atomic mass is 15.3. The smallest absolute Gasteiger partial charge is 0.181 e. The Kier molecular flexibility index (Phi) is 1.59. The molecule has 12 heavy (non-hydrogen) atoms. The first-order chi connectivity index (χ1) is 5.86. The van der Waals surface area contributed by atoms with E-state index in [9.17, 15) is 0 Å². The fourth-order valence-corrected chi connectivity index (χ4v) is 0.973. The van der Waals surface area contributed by atoms with Gasteiger partial charge < -0.3 is 0 Å². The van der Waals surface area contributed by atoms with E-state index in [2.05, 4.69) is 15.1 Å². The molecule has 60 valence electrons. The van der Waals surface area contributed by atoms with Crippen LogP contribution in [0.5, 0.6) is 0 Å². The summed E-state index contributed by atoms with van der Waals surface area (Å²) in [6.07, 6.45) is 5.13. The maximum absolute atomic E-state index is 4.16. The number of hydrogen-bond donors (Lipinski definition) is 0. The van der Waals surface area contributed by atoms with Crippen molar-refractivity contribution in [1.82, 2.24) is 19.7 Å². The van der Waals surface area contributed by atoms with E-state index in [1.54, 1.807) is 23.4 Å². The minimum absolute atomic E-state index is 0.736. The molecule has 2 rings (SSSR count). The average molecular weight is 160 g/mol. The van der Waals surface area contributed by atoms with Gasteiger partial charge in [0.2, 0.25) is 0 Å². The maximum atomic E-state index is 4.16. The number of nitrogens with zero attached hydrogens (tertiary/aromatic N) is 4. The van der Waals surface area contributed by atoms with Gasteiger partial charge in [0.15, 0.2) is 5.82 Å². The summed E-state index contributed by atoms with van der Waals surface area (Å²) in [5.41, 5.74) is 0.991. The molecule has 2 aromatic rings. The summed E-state index contributed by atoms with van der Waals surface area (Å²) in [4.78, 5) is 8.03. The van der Waals surface area contributed by atoms with Gasteiger partial charge in [-0.25, -0.2) is 4.98 Å². The van der Waals surface area contributed by atoms with E-state index in [0.29, 0.717) is 0 Å². The zero-order chi connectivity index (χ0) is 8.39. The molecule has 0 saturated carbocycles. The van der Waals surface area contributed by atoms with Crippen molar-refractivity contribution >= 4 is 0 Å². The van der Waals surface area contributed by atoms with Crippen LogP contribution in [-0.4, -0.2) is 19.7 Å². The second-order valence-corrected chi connectivity index (χ2v) is 2.48. The minimum Gasteiger partial charge on any atom is -0.265 e. The van der Waals surface area contributed by atoms with Crippen LogP contribution >= 0.6 is 0 Å². The Hall–Kier alpha value is -1.71. The molecule has 0 spiro atoms. The van der Waals surface area contributed by atoms with Crippen LogP contribution in [0.2, 0.25) is 0 Å². The van der Waals surface area contributed by atoms with Gasteiger partial charge in [0.05, 0.1) is 0 Å². The highest BCUT2D eigenvalue weighted by Crippen LogP contribution is 2.10. The van der Waals surface area contributed by atoms with Crippen molar-refractivity contribution in [2.24, 2.45) is 7.05 Å². The lowest BCUT2D eigenvalue weighted by Gasteiger charge is -1.91. The molecule has 2 heterocycles. The van der Waals surface area contributed by atoms with E-state index in [1.807, 2.05) is 19.2 Å². The number of aryl methyl sites for hydroxylation is 1. The molecule has 0 saturated heterocycles. The summed E-state index contributed by atoms with van der Waals surface area (Å²) in [6.45, 7) is 0. The molecular weight excluding hydrogens is 152 g/mol. The molecule has 2 aromatic heterocycles. The van der Waals surface area contributed by atoms with Gasteiger partial charge in [0.25, 0.3) is 0 Å². The van der Waals surface area contributed by atoms with Crippen LogP contribution < -0.4 is 0 Å². The molecule has 0 N–H and O–H groups in total. The normalized spacial score (nSPS) is 10.1. The third-order valence-corrected chi connectivity index (χ3v) is 1.54. The Morgan fingerprint density at radius 1 is 1.25 bits per heavy atom. The molecule has 0 aromatic carbocycles. The van der Waals surface area contributed by atoms with Gasteiger partial charge >= 0.3 is 0 Å². The minimum atomic E-state index is 0.736. The molecular formula is C8H8N4. The van der Waals surface area contributed by atoms with E-state index in [-0.39, 0.29) is 0 Å². The predicted molar refractivity (Wildman–Crippen MR) is 44.2 cm³/mol. The SMILES string of the molecule is Cn1cnc(-c2ccncc2)n1. The van der Waals surface area contributed by atoms with Crippen molar-refractivity contribution in [1.29, 1.82) is 0 Å². The van der Waals surface area contributed by atoms with Crippen LogP contribution in [0.1, 0.15) is 0 Å². The molecule has 4 heteroatoms. The molecule has 0 bridgehead atoms. The second-order valence-electron chi connectivity index (χ2n) is 2.48. The Balaban J connectivity index is 2.45. The third-order valence-electron chi connectivity index (χ3n) is 1.54. The van der Waals surface area contributed by atoms with Crippen molar-refractivity contribution in [3.63, 3.8) is 0 Å². The van der Waals surface area contributed by atoms with Gasteiger partial charge in [0.1, 0.15) is 6.33 Å². The highest BCUT2D eigenvalue weighted by molar-refractivity contribution is 5.52. The molecule has 0 aliphatic heterocycles. The summed E-state index contributed by atoms with van der Waals surface area (Å²) >= 11 is 0. The van der Waals surface area contributed by atoms with Gasteiger partial charge in [0, 0.05) is 25.0 Å². The van der Waals surface area contributed by atoms with Crippen molar-refractivity contribution in [3.8, 4) is 11.4 Å². The van der Waals surface area contributed by atoms with E-state index >= 15 is 0 Å². The van der Waals surface area contributed by atoms with Crippen molar-refractivity contribution in [2.75, 3.05) is 0 Å². The summed E-state index contributed by atoms with van der Waals surface area (Å²) < 4.78 is 1.68. The van der Waals surface area contributed by atoms with Crippen molar-refractivity contribution in [3.05, 3.63) is 30.9 Å². The molecule has 0 atom stereocenters. The number of pyridine rings is 1. The topological polar surface area (TPSA) is 43.6 Å². The zero-order valence-electron chi connectivity index (χ0n) is 6.68. The van der Waals surface area contributed by atoms with Crippen LogP contribution in [0.3, 0.4) is 0 Å². The maximum Gasteiger partial charge on any atom is 0.181 e. The zero-order valence-corrected chi connectivity index (χ0v) is 6.68. The van der Waals surface area contributed by atoms with Crippen LogP contribution in [0.4, 0.5) is 0 Å². The Labute approximate surface area is 69.9 Å². The fraction of sp³-hybridized carbons (Fsp3) is 0.125. The van der Waals surface area contributed by atoms with E-state index < -0.39 is 0 Å². The van der Waals surface area contributed by atoms with Gasteiger partial charge in [-0.1, -0.05) is 0 Å². The molecule has 0 aliphatic carbocycles. The predicted octanol–water partition coefficient (Wildman–Crippen LogP) is 0.877. The number of aromatic nitrogens is 4. The lowest BCUT2D eigenvalue weighted by Crippen LogP contribution is -1.87. The summed E-state index contributed by atoms with van der Waals surface area (Å²) in [5.74, 6) is 0.736. The van der Waals surface area contributed by atoms with E-state index in [4.69, 9.17) is 0 Å². The molecule has 4 nitrogen and oxygen atoms in total. The average Bonchev–Trinajstić information content (AvgIpc) is 2.54. The van der Waals surface area contributed by atoms with Crippen molar-refractivity contribution in [2.45, 2.75) is 0 Å². The quantitative estimate of drug-likeness (QED) is 0.622. The van der Waals surface area contributed by atoms with Gasteiger partial charge in [-0.15, -0.1) is 0 Å². The standard InChI is InChI=1S/C8H8N4/c1-12-6-10-8(11-12)7-2-4-9-5-3-7/h2-6H,1H3. The summed E-state index contributed by atoms with van der Waals surface area (Å²) in [7, 11) is 1.84. The van der Waals surface area contributed by atoms with Crippen LogP contribution in [0.15, 0.2) is 30.9 Å². The van der Waals surface area contributed by atoms with Gasteiger partial charge in [-0.2, -0.15) is 5.10 Å². The molecule has 0 aliphatic rings. The fourth-order valence-electron chi connectivity index (χ4n) is 0.973. The Morgan fingerprint density at radius 2 is 2.00 bits per heavy atom. The summed E-state index contributed by atoms with van der Waals surface area (Å²) in [5, 5.41) is 4.16. The van der Waals surface area contributed by atoms with Crippen LogP contribution in [0.25, 0.3) is 11.4 Å². The van der Waals surface area contributed by atoms with Gasteiger partial charge in [-0.3, -0.25) is 9.67 Å². The molecule has 0 amide bonds. The van der Waals surface area contributed by atoms with Gasteiger partial charge in [-0.05, 0) is 12.1 Å². The van der Waals surface area contributed by atoms with E-state index in [1.165, 1.54) is 0 Å². The van der Waals surface area contributed by atoms with E-state index in [0.717, 1.165) is 11.4 Å². The lowest BCUT2D eigenvalue weighted by molar-refractivity contribution is 0.768. The largest absolute Gasteiger partial charge is 0.265 e. The monoisotopic (exact) mass is 160 g/mol. The lowest BCUT2D eigenvalue weighted by atomic mass is 10.3. The number of hydrogen-bond acceptors (Lipinski definition) is 3. The first-order valence-corrected chi connectivity index (χ1v) is 3.62. The second kappa shape index (κ2) is 2.73. The highest BCUT2D eigenvalue weighted by Gasteiger charge is 1.99. The third kappa shape index (κ3) is 1.18. The number of rotatable bonds is 1. The first kappa shape index (κ1) is 6.97. The first-order valence-electron chi connectivity index (χ1n) is 3.62. The Bertz CT molecular complexity index is 366.